The summed E-state index contributed by atoms with van der Waals surface area (Å²) in [6.07, 6.45) is 5.61. The van der Waals surface area contributed by atoms with E-state index in [-0.39, 0.29) is 41.0 Å². The Labute approximate surface area is 160 Å². The van der Waals surface area contributed by atoms with Crippen molar-refractivity contribution in [1.82, 2.24) is 4.98 Å². The van der Waals surface area contributed by atoms with Crippen LogP contribution in [0.5, 0.6) is 0 Å². The fourth-order valence-corrected chi connectivity index (χ4v) is 3.58. The first-order valence-electron chi connectivity index (χ1n) is 6.90. The van der Waals surface area contributed by atoms with Crippen molar-refractivity contribution in [3.8, 4) is 0 Å². The molecular formula is C16H17IN2O2S2. The van der Waals surface area contributed by atoms with E-state index in [1.165, 1.54) is 0 Å². The molecule has 0 atom stereocenters. The number of pyridine rings is 1. The molecular weight excluding hydrogens is 443 g/mol. The van der Waals surface area contributed by atoms with Crippen LogP contribution in [0.2, 0.25) is 0 Å². The summed E-state index contributed by atoms with van der Waals surface area (Å²) in [4.78, 5) is 20.5. The minimum atomic E-state index is -0.363. The molecule has 0 bridgehead atoms. The molecule has 4 nitrogen and oxygen atoms in total. The average Bonchev–Trinajstić information content (AvgIpc) is 2.52. The molecule has 0 spiro atoms. The third-order valence-corrected chi connectivity index (χ3v) is 5.28. The van der Waals surface area contributed by atoms with Crippen LogP contribution in [-0.2, 0) is 15.6 Å². The fraction of sp³-hybridized carbons (Fsp3) is 0.250. The molecule has 3 rings (SSSR count). The second-order valence-corrected chi connectivity index (χ2v) is 8.50. The van der Waals surface area contributed by atoms with Crippen LogP contribution in [0.3, 0.4) is 0 Å². The van der Waals surface area contributed by atoms with Gasteiger partial charge in [-0.05, 0) is 35.2 Å². The number of para-hydroxylation sites is 1. The van der Waals surface area contributed by atoms with E-state index < -0.39 is 0 Å². The Bertz CT molecular complexity index is 652. The highest BCUT2D eigenvalue weighted by Crippen LogP contribution is 2.46. The van der Waals surface area contributed by atoms with Crippen molar-refractivity contribution >= 4 is 40.3 Å². The number of nitrogens with zero attached hydrogens (tertiary/aromatic N) is 2. The first-order valence-corrected chi connectivity index (χ1v) is 9.92. The molecule has 1 aliphatic rings. The Morgan fingerprint density at radius 1 is 1.22 bits per heavy atom. The lowest BCUT2D eigenvalue weighted by Gasteiger charge is -2.28. The molecule has 2 heterocycles. The van der Waals surface area contributed by atoms with Gasteiger partial charge in [0.15, 0.2) is 5.82 Å². The number of fused-ring (bicyclic) bond motifs is 2. The standard InChI is InChI=1S/C16H17N2O2S2.HI/c1-22(2)11-10-20-16(19)18-12-6-3-4-7-13(12)21-14-8-5-9-17-15(14)18;/h3-9H,10-11H2,1-2H3;1H/q+1;/p-1. The van der Waals surface area contributed by atoms with E-state index in [9.17, 15) is 4.79 Å². The number of amides is 1. The smallest absolute Gasteiger partial charge is 0.420 e. The molecule has 0 unspecified atom stereocenters. The van der Waals surface area contributed by atoms with Crippen LogP contribution >= 0.6 is 11.8 Å². The van der Waals surface area contributed by atoms with E-state index in [4.69, 9.17) is 4.74 Å². The van der Waals surface area contributed by atoms with Crippen LogP contribution in [-0.4, -0.2) is 35.9 Å². The first-order chi connectivity index (χ1) is 10.7. The maximum atomic E-state index is 12.6. The van der Waals surface area contributed by atoms with E-state index in [0.717, 1.165) is 21.2 Å². The first kappa shape index (κ1) is 18.4. The quantitative estimate of drug-likeness (QED) is 0.500. The van der Waals surface area contributed by atoms with Crippen molar-refractivity contribution < 1.29 is 33.5 Å². The lowest BCUT2D eigenvalue weighted by molar-refractivity contribution is -0.0000102. The lowest BCUT2D eigenvalue weighted by atomic mass is 10.2. The Hall–Kier alpha value is -0.930. The van der Waals surface area contributed by atoms with Gasteiger partial charge in [-0.3, -0.25) is 0 Å². The molecule has 1 aliphatic heterocycles. The summed E-state index contributed by atoms with van der Waals surface area (Å²) in [6.45, 7) is 0.433. The van der Waals surface area contributed by atoms with Crippen LogP contribution < -0.4 is 28.9 Å². The Balaban J connectivity index is 0.00000192. The van der Waals surface area contributed by atoms with Crippen LogP contribution in [0, 0.1) is 0 Å². The fourth-order valence-electron chi connectivity index (χ4n) is 2.14. The monoisotopic (exact) mass is 460 g/mol. The Morgan fingerprint density at radius 3 is 2.74 bits per heavy atom. The van der Waals surface area contributed by atoms with Crippen molar-refractivity contribution in [1.29, 1.82) is 0 Å². The highest BCUT2D eigenvalue weighted by atomic mass is 127. The van der Waals surface area contributed by atoms with Gasteiger partial charge in [-0.2, -0.15) is 0 Å². The van der Waals surface area contributed by atoms with Crippen LogP contribution in [0.25, 0.3) is 0 Å². The highest BCUT2D eigenvalue weighted by molar-refractivity contribution is 7.99. The van der Waals surface area contributed by atoms with Gasteiger partial charge >= 0.3 is 6.09 Å². The molecule has 0 N–H and O–H groups in total. The number of hydrogen-bond donors (Lipinski definition) is 0. The lowest BCUT2D eigenvalue weighted by Crippen LogP contribution is -3.00. The molecule has 7 heteroatoms. The zero-order chi connectivity index (χ0) is 15.5. The Kier molecular flexibility index (Phi) is 6.60. The second kappa shape index (κ2) is 8.25. The minimum Gasteiger partial charge on any atom is -1.00 e. The van der Waals surface area contributed by atoms with E-state index in [2.05, 4.69) is 17.5 Å². The third-order valence-electron chi connectivity index (χ3n) is 3.19. The number of benzene rings is 1. The Morgan fingerprint density at radius 2 is 1.96 bits per heavy atom. The summed E-state index contributed by atoms with van der Waals surface area (Å²) >= 11 is 1.62. The SMILES string of the molecule is C[S+](C)CCOC(=O)N1c2ccccc2Sc2cccnc21.[I-]. The van der Waals surface area contributed by atoms with Crippen molar-refractivity contribution in [2.24, 2.45) is 0 Å². The predicted octanol–water partition coefficient (Wildman–Crippen LogP) is 0.703. The van der Waals surface area contributed by atoms with E-state index >= 15 is 0 Å². The second-order valence-electron chi connectivity index (χ2n) is 5.03. The topological polar surface area (TPSA) is 42.4 Å². The number of halogens is 1. The molecule has 122 valence electrons. The van der Waals surface area contributed by atoms with Gasteiger partial charge in [0.1, 0.15) is 12.4 Å². The van der Waals surface area contributed by atoms with Crippen molar-refractivity contribution in [3.05, 3.63) is 42.6 Å². The van der Waals surface area contributed by atoms with Gasteiger partial charge in [0.05, 0.1) is 23.1 Å². The van der Waals surface area contributed by atoms with Crippen LogP contribution in [0.15, 0.2) is 52.4 Å². The van der Waals surface area contributed by atoms with Crippen LogP contribution in [0.4, 0.5) is 16.3 Å². The minimum absolute atomic E-state index is 0. The molecule has 0 saturated carbocycles. The van der Waals surface area contributed by atoms with Gasteiger partial charge in [0.2, 0.25) is 0 Å². The van der Waals surface area contributed by atoms with Gasteiger partial charge in [-0.1, -0.05) is 23.9 Å². The number of ether oxygens (including phenoxy) is 1. The molecule has 1 aromatic heterocycles. The van der Waals surface area contributed by atoms with Gasteiger partial charge in [-0.15, -0.1) is 0 Å². The summed E-state index contributed by atoms with van der Waals surface area (Å²) in [5.41, 5.74) is 0.829. The highest BCUT2D eigenvalue weighted by Gasteiger charge is 2.30. The van der Waals surface area contributed by atoms with E-state index in [0.29, 0.717) is 12.4 Å². The number of rotatable bonds is 3. The maximum Gasteiger partial charge on any atom is 0.420 e. The number of carbonyl (C=O) groups is 1. The molecule has 1 aromatic carbocycles. The molecule has 0 aliphatic carbocycles. The van der Waals surface area contributed by atoms with Crippen molar-refractivity contribution in [3.63, 3.8) is 0 Å². The van der Waals surface area contributed by atoms with E-state index in [1.54, 1.807) is 22.9 Å². The third kappa shape index (κ3) is 4.13. The van der Waals surface area contributed by atoms with Crippen molar-refractivity contribution in [2.45, 2.75) is 9.79 Å². The zero-order valence-electron chi connectivity index (χ0n) is 12.9. The van der Waals surface area contributed by atoms with Crippen molar-refractivity contribution in [2.75, 3.05) is 29.8 Å². The number of anilines is 2. The number of hydrogen-bond acceptors (Lipinski definition) is 4. The van der Waals surface area contributed by atoms with Gasteiger partial charge in [0.25, 0.3) is 0 Å². The molecule has 0 fully saturated rings. The van der Waals surface area contributed by atoms with Gasteiger partial charge in [0, 0.05) is 11.1 Å². The maximum absolute atomic E-state index is 12.6. The van der Waals surface area contributed by atoms with Gasteiger partial charge in [-0.25, -0.2) is 14.7 Å². The molecule has 23 heavy (non-hydrogen) atoms. The normalized spacial score (nSPS) is 12.2. The molecule has 1 amide bonds. The number of carbonyl (C=O) groups excluding carboxylic acids is 1. The van der Waals surface area contributed by atoms with Crippen LogP contribution in [0.1, 0.15) is 0 Å². The largest absolute Gasteiger partial charge is 1.00 e. The zero-order valence-corrected chi connectivity index (χ0v) is 16.7. The average molecular weight is 460 g/mol. The van der Waals surface area contributed by atoms with E-state index in [1.807, 2.05) is 36.4 Å². The summed E-state index contributed by atoms with van der Waals surface area (Å²) in [7, 11) is 0.257. The number of aromatic nitrogens is 1. The summed E-state index contributed by atoms with van der Waals surface area (Å²) in [5.74, 6) is 1.52. The summed E-state index contributed by atoms with van der Waals surface area (Å²) < 4.78 is 5.45. The van der Waals surface area contributed by atoms with Gasteiger partial charge < -0.3 is 28.7 Å². The molecule has 2 aromatic rings. The summed E-state index contributed by atoms with van der Waals surface area (Å²) in [6, 6.07) is 11.7. The molecule has 0 saturated heterocycles. The predicted molar refractivity (Wildman–Crippen MR) is 92.4 cm³/mol. The molecule has 0 radical (unpaired) electrons. The summed E-state index contributed by atoms with van der Waals surface area (Å²) in [5, 5.41) is 0.